The molecule has 1 aliphatic rings. The van der Waals surface area contributed by atoms with Crippen LogP contribution in [-0.4, -0.2) is 29.8 Å². The fourth-order valence-corrected chi connectivity index (χ4v) is 3.77. The van der Waals surface area contributed by atoms with E-state index in [1.165, 1.54) is 15.8 Å². The molecule has 4 nitrogen and oxygen atoms in total. The van der Waals surface area contributed by atoms with E-state index >= 15 is 0 Å². The molecular formula is C13H13NO3S. The van der Waals surface area contributed by atoms with E-state index in [1.807, 2.05) is 12.1 Å². The second-order valence-corrected chi connectivity index (χ2v) is 5.40. The first-order chi connectivity index (χ1) is 8.70. The molecule has 0 fully saturated rings. The van der Waals surface area contributed by atoms with Crippen LogP contribution in [0.4, 0.5) is 4.79 Å². The molecular weight excluding hydrogens is 250 g/mol. The van der Waals surface area contributed by atoms with Gasteiger partial charge in [0.15, 0.2) is 0 Å². The molecule has 0 saturated heterocycles. The lowest BCUT2D eigenvalue weighted by atomic mass is 10.0. The molecule has 0 radical (unpaired) electrons. The van der Waals surface area contributed by atoms with Crippen LogP contribution in [0.15, 0.2) is 18.2 Å². The molecule has 1 amide bonds. The summed E-state index contributed by atoms with van der Waals surface area (Å²) < 4.78 is 6.48. The van der Waals surface area contributed by atoms with Gasteiger partial charge in [0.05, 0.1) is 18.4 Å². The topological polar surface area (TPSA) is 49.8 Å². The lowest BCUT2D eigenvalue weighted by Gasteiger charge is -2.23. The van der Waals surface area contributed by atoms with Gasteiger partial charge in [0.1, 0.15) is 5.75 Å². The average Bonchev–Trinajstić information content (AvgIpc) is 2.75. The zero-order valence-electron chi connectivity index (χ0n) is 9.97. The normalized spacial score (nSPS) is 14.6. The van der Waals surface area contributed by atoms with Gasteiger partial charge in [-0.3, -0.25) is 0 Å². The number of benzene rings is 1. The molecule has 0 bridgehead atoms. The van der Waals surface area contributed by atoms with Crippen LogP contribution >= 0.6 is 11.3 Å². The van der Waals surface area contributed by atoms with Crippen molar-refractivity contribution in [1.82, 2.24) is 4.90 Å². The number of thiophene rings is 1. The number of amides is 1. The summed E-state index contributed by atoms with van der Waals surface area (Å²) in [6.07, 6.45) is -0.0560. The molecule has 1 aromatic carbocycles. The second-order valence-electron chi connectivity index (χ2n) is 4.29. The number of fused-ring (bicyclic) bond motifs is 3. The first kappa shape index (κ1) is 11.3. The lowest BCUT2D eigenvalue weighted by Crippen LogP contribution is -2.33. The molecule has 94 valence electrons. The van der Waals surface area contributed by atoms with E-state index in [0.717, 1.165) is 21.7 Å². The zero-order chi connectivity index (χ0) is 12.7. The summed E-state index contributed by atoms with van der Waals surface area (Å²) in [4.78, 5) is 13.6. The fourth-order valence-electron chi connectivity index (χ4n) is 2.42. The van der Waals surface area contributed by atoms with Crippen LogP contribution in [0.5, 0.6) is 5.75 Å². The van der Waals surface area contributed by atoms with Crippen LogP contribution < -0.4 is 4.74 Å². The van der Waals surface area contributed by atoms with Crippen molar-refractivity contribution in [2.75, 3.05) is 13.7 Å². The number of methoxy groups -OCH3 is 1. The molecule has 0 atom stereocenters. The van der Waals surface area contributed by atoms with E-state index in [-0.39, 0.29) is 0 Å². The molecule has 1 N–H and O–H groups in total. The zero-order valence-corrected chi connectivity index (χ0v) is 10.8. The number of hydrogen-bond donors (Lipinski definition) is 1. The standard InChI is InChI=1S/C13H13NO3S/c1-17-10-4-2-3-9-8-5-6-14(13(15)16)7-11(8)18-12(9)10/h2-4H,5-7H2,1H3,(H,15,16). The van der Waals surface area contributed by atoms with Crippen molar-refractivity contribution in [1.29, 1.82) is 0 Å². The van der Waals surface area contributed by atoms with E-state index in [9.17, 15) is 4.79 Å². The van der Waals surface area contributed by atoms with Crippen molar-refractivity contribution in [2.45, 2.75) is 13.0 Å². The van der Waals surface area contributed by atoms with Gasteiger partial charge in [-0.2, -0.15) is 0 Å². The van der Waals surface area contributed by atoms with Crippen LogP contribution in [-0.2, 0) is 13.0 Å². The highest BCUT2D eigenvalue weighted by Gasteiger charge is 2.24. The molecule has 3 rings (SSSR count). The van der Waals surface area contributed by atoms with Crippen LogP contribution in [0.1, 0.15) is 10.4 Å². The van der Waals surface area contributed by atoms with Gasteiger partial charge in [-0.15, -0.1) is 11.3 Å². The maximum atomic E-state index is 11.0. The van der Waals surface area contributed by atoms with Crippen LogP contribution in [0.3, 0.4) is 0 Å². The van der Waals surface area contributed by atoms with Crippen LogP contribution in [0.2, 0.25) is 0 Å². The summed E-state index contributed by atoms with van der Waals surface area (Å²) in [5, 5.41) is 10.3. The van der Waals surface area contributed by atoms with Crippen LogP contribution in [0, 0.1) is 0 Å². The van der Waals surface area contributed by atoms with E-state index in [0.29, 0.717) is 13.1 Å². The van der Waals surface area contributed by atoms with E-state index in [4.69, 9.17) is 9.84 Å². The number of nitrogens with zero attached hydrogens (tertiary/aromatic N) is 1. The molecule has 2 heterocycles. The highest BCUT2D eigenvalue weighted by molar-refractivity contribution is 7.19. The Balaban J connectivity index is 2.12. The quantitative estimate of drug-likeness (QED) is 0.860. The Morgan fingerprint density at radius 1 is 1.50 bits per heavy atom. The van der Waals surface area contributed by atoms with Gasteiger partial charge in [-0.1, -0.05) is 12.1 Å². The minimum atomic E-state index is -0.843. The van der Waals surface area contributed by atoms with Gasteiger partial charge in [0.25, 0.3) is 0 Å². The lowest BCUT2D eigenvalue weighted by molar-refractivity contribution is 0.140. The number of ether oxygens (including phenoxy) is 1. The predicted octanol–water partition coefficient (Wildman–Crippen LogP) is 2.95. The van der Waals surface area contributed by atoms with Gasteiger partial charge in [0, 0.05) is 11.4 Å². The predicted molar refractivity (Wildman–Crippen MR) is 70.5 cm³/mol. The average molecular weight is 263 g/mol. The SMILES string of the molecule is COc1cccc2c3c(sc12)CN(C(=O)O)CC3. The van der Waals surface area contributed by atoms with Crippen LogP contribution in [0.25, 0.3) is 10.1 Å². The molecule has 0 unspecified atom stereocenters. The maximum Gasteiger partial charge on any atom is 0.407 e. The van der Waals surface area contributed by atoms with Gasteiger partial charge in [-0.05, 0) is 23.4 Å². The van der Waals surface area contributed by atoms with Gasteiger partial charge >= 0.3 is 6.09 Å². The first-order valence-electron chi connectivity index (χ1n) is 5.76. The summed E-state index contributed by atoms with van der Waals surface area (Å²) in [7, 11) is 1.66. The van der Waals surface area contributed by atoms with Crippen molar-refractivity contribution in [3.05, 3.63) is 28.6 Å². The third-order valence-corrected chi connectivity index (χ3v) is 4.57. The molecule has 18 heavy (non-hydrogen) atoms. The number of carbonyl (C=O) groups is 1. The van der Waals surface area contributed by atoms with Crippen molar-refractivity contribution in [2.24, 2.45) is 0 Å². The fraction of sp³-hybridized carbons (Fsp3) is 0.308. The first-order valence-corrected chi connectivity index (χ1v) is 6.57. The van der Waals surface area contributed by atoms with Crippen molar-refractivity contribution in [3.63, 3.8) is 0 Å². The third kappa shape index (κ3) is 1.62. The largest absolute Gasteiger partial charge is 0.495 e. The number of rotatable bonds is 1. The number of hydrogen-bond acceptors (Lipinski definition) is 3. The molecule has 0 aliphatic carbocycles. The summed E-state index contributed by atoms with van der Waals surface area (Å²) in [5.41, 5.74) is 1.28. The second kappa shape index (κ2) is 4.17. The number of carboxylic acid groups (broad SMARTS) is 1. The Kier molecular flexibility index (Phi) is 2.63. The maximum absolute atomic E-state index is 11.0. The van der Waals surface area contributed by atoms with E-state index in [2.05, 4.69) is 6.07 Å². The molecule has 2 aromatic rings. The smallest absolute Gasteiger partial charge is 0.407 e. The highest BCUT2D eigenvalue weighted by atomic mass is 32.1. The molecule has 5 heteroatoms. The Morgan fingerprint density at radius 2 is 2.33 bits per heavy atom. The minimum absolute atomic E-state index is 0.493. The molecule has 0 spiro atoms. The van der Waals surface area contributed by atoms with Crippen molar-refractivity contribution < 1.29 is 14.6 Å². The van der Waals surface area contributed by atoms with Gasteiger partial charge in [0.2, 0.25) is 0 Å². The summed E-state index contributed by atoms with van der Waals surface area (Å²) >= 11 is 1.64. The third-order valence-electron chi connectivity index (χ3n) is 3.32. The Hall–Kier alpha value is -1.75. The Bertz CT molecular complexity index is 620. The Morgan fingerprint density at radius 3 is 3.06 bits per heavy atom. The minimum Gasteiger partial charge on any atom is -0.495 e. The van der Waals surface area contributed by atoms with Crippen molar-refractivity contribution in [3.8, 4) is 5.75 Å². The van der Waals surface area contributed by atoms with Crippen molar-refractivity contribution >= 4 is 27.5 Å². The molecule has 1 aliphatic heterocycles. The monoisotopic (exact) mass is 263 g/mol. The van der Waals surface area contributed by atoms with Gasteiger partial charge in [-0.25, -0.2) is 4.79 Å². The molecule has 1 aromatic heterocycles. The van der Waals surface area contributed by atoms with E-state index in [1.54, 1.807) is 18.4 Å². The Labute approximate surface area is 108 Å². The van der Waals surface area contributed by atoms with E-state index < -0.39 is 6.09 Å². The highest BCUT2D eigenvalue weighted by Crippen LogP contribution is 2.39. The van der Waals surface area contributed by atoms with Gasteiger partial charge < -0.3 is 14.7 Å². The summed E-state index contributed by atoms with van der Waals surface area (Å²) in [5.74, 6) is 0.869. The molecule has 0 saturated carbocycles. The summed E-state index contributed by atoms with van der Waals surface area (Å²) in [6, 6.07) is 6.01. The summed E-state index contributed by atoms with van der Waals surface area (Å²) in [6.45, 7) is 1.07.